The number of hydrogen-bond acceptors (Lipinski definition) is 13. The first-order valence-corrected chi connectivity index (χ1v) is 32.3. The average Bonchev–Trinajstić information content (AvgIpc) is 3.26. The van der Waals surface area contributed by atoms with Crippen LogP contribution in [0.25, 0.3) is 0 Å². The van der Waals surface area contributed by atoms with E-state index in [0.717, 1.165) is 27.8 Å². The highest BCUT2D eigenvalue weighted by Gasteiger charge is 2.31. The lowest BCUT2D eigenvalue weighted by Crippen LogP contribution is -2.29. The van der Waals surface area contributed by atoms with E-state index in [1.807, 2.05) is 27.7 Å². The number of nitrogens with zero attached hydrogens (tertiary/aromatic N) is 1. The highest BCUT2D eigenvalue weighted by atomic mass is 32.2. The molecule has 0 aliphatic rings. The van der Waals surface area contributed by atoms with Crippen LogP contribution in [0.4, 0.5) is 0 Å². The fourth-order valence-electron chi connectivity index (χ4n) is 6.30. The molecule has 0 atom stereocenters. The molecule has 0 radical (unpaired) electrons. The van der Waals surface area contributed by atoms with Crippen LogP contribution >= 0.6 is 107 Å². The lowest BCUT2D eigenvalue weighted by molar-refractivity contribution is -0.142. The van der Waals surface area contributed by atoms with Crippen molar-refractivity contribution in [3.8, 4) is 6.07 Å². The molecule has 0 heterocycles. The number of ether oxygens (including phenoxy) is 1. The van der Waals surface area contributed by atoms with E-state index in [1.54, 1.807) is 49.1 Å². The van der Waals surface area contributed by atoms with E-state index in [9.17, 15) is 9.59 Å². The molecule has 0 unspecified atom stereocenters. The number of carbonyl (C=O) groups excluding carboxylic acids is 1. The van der Waals surface area contributed by atoms with E-state index >= 15 is 0 Å². The van der Waals surface area contributed by atoms with E-state index in [-0.39, 0.29) is 10.7 Å². The van der Waals surface area contributed by atoms with E-state index in [0.29, 0.717) is 0 Å². The van der Waals surface area contributed by atoms with E-state index in [1.165, 1.54) is 235 Å². The van der Waals surface area contributed by atoms with Crippen LogP contribution in [0.3, 0.4) is 0 Å². The van der Waals surface area contributed by atoms with Gasteiger partial charge in [0.2, 0.25) is 0 Å². The molecule has 388 valence electrons. The molecule has 0 aromatic heterocycles. The minimum absolute atomic E-state index is 0.218. The number of esters is 1. The molecule has 0 aromatic carbocycles. The second-order valence-electron chi connectivity index (χ2n) is 18.6. The fourth-order valence-corrected chi connectivity index (χ4v) is 15.4. The predicted molar refractivity (Wildman–Crippen MR) is 321 cm³/mol. The Kier molecular flexibility index (Phi) is 53.2. The molecule has 0 aliphatic carbocycles. The van der Waals surface area contributed by atoms with Crippen molar-refractivity contribution >= 4 is 130 Å². The molecule has 0 amide bonds. The van der Waals surface area contributed by atoms with Gasteiger partial charge in [-0.1, -0.05) is 266 Å². The summed E-state index contributed by atoms with van der Waals surface area (Å²) in [5.41, 5.74) is 0. The third-order valence-corrected chi connectivity index (χ3v) is 18.9. The van der Waals surface area contributed by atoms with Crippen LogP contribution < -0.4 is 0 Å². The highest BCUT2D eigenvalue weighted by Crippen LogP contribution is 2.34. The summed E-state index contributed by atoms with van der Waals surface area (Å²) in [6.07, 6.45) is 40.6. The molecular weight excluding hydrogens is 991 g/mol. The number of carboxylic acids is 1. The van der Waals surface area contributed by atoms with Gasteiger partial charge >= 0.3 is 11.9 Å². The fraction of sp³-hybridized carbons (Fsp3) is 0.885. The summed E-state index contributed by atoms with van der Waals surface area (Å²) < 4.78 is 5.52. The summed E-state index contributed by atoms with van der Waals surface area (Å²) in [4.78, 5) is 22.6. The quantitative estimate of drug-likeness (QED) is 0.0362. The largest absolute Gasteiger partial charge is 0.480 e. The Morgan fingerprint density at radius 3 is 0.939 bits per heavy atom. The maximum atomic E-state index is 11.6. The van der Waals surface area contributed by atoms with Crippen molar-refractivity contribution in [3.05, 3.63) is 0 Å². The molecule has 0 rings (SSSR count). The summed E-state index contributed by atoms with van der Waals surface area (Å²) in [6, 6.07) is 2.28. The second-order valence-corrected chi connectivity index (χ2v) is 30.4. The monoisotopic (exact) mass is 1090 g/mol. The van der Waals surface area contributed by atoms with Gasteiger partial charge in [-0.25, -0.2) is 0 Å². The summed E-state index contributed by atoms with van der Waals surface area (Å²) in [7, 11) is 1.42. The number of carboxylic acid groups (broad SMARTS) is 1. The number of hydrogen-bond donors (Lipinski definition) is 1. The molecule has 1 N–H and O–H groups in total. The molecule has 66 heavy (non-hydrogen) atoms. The number of nitriles is 1. The molecule has 0 fully saturated rings. The van der Waals surface area contributed by atoms with Gasteiger partial charge < -0.3 is 9.84 Å². The van der Waals surface area contributed by atoms with Crippen molar-refractivity contribution in [2.45, 2.75) is 269 Å². The molecule has 5 nitrogen and oxygen atoms in total. The number of unbranched alkanes of at least 4 members (excludes halogenated alkanes) is 27. The number of rotatable bonds is 38. The summed E-state index contributed by atoms with van der Waals surface area (Å²) in [6.45, 7) is 17.7. The first-order valence-electron chi connectivity index (χ1n) is 25.7. The van der Waals surface area contributed by atoms with Gasteiger partial charge in [-0.3, -0.25) is 9.59 Å². The van der Waals surface area contributed by atoms with Crippen LogP contribution in [0.15, 0.2) is 0 Å². The standard InChI is InChI=1S/C18H34O2S3.C17H31NS3.C17H32O2S3/c1-5-6-7-8-9-10-11-12-13-14-15-22-17(21)23-18(2,3)16(19)20-4;1-4-5-6-7-8-9-10-11-12-13-14-20-16(19)21-17(2,3)15-18;1-4-5-6-7-8-9-10-11-12-13-14-21-16(20)22-17(2,3)15(18)19/h5-15H2,1-4H3;4-14H2,1-3H3;4-14H2,1-3H3,(H,18,19). The van der Waals surface area contributed by atoms with Crippen LogP contribution in [0, 0.1) is 11.3 Å². The first kappa shape index (κ1) is 71.1. The Bertz CT molecular complexity index is 1260. The molecule has 0 bridgehead atoms. The van der Waals surface area contributed by atoms with Crippen molar-refractivity contribution in [1.29, 1.82) is 5.26 Å². The lowest BCUT2D eigenvalue weighted by Gasteiger charge is -2.20. The van der Waals surface area contributed by atoms with Gasteiger partial charge in [0, 0.05) is 0 Å². The van der Waals surface area contributed by atoms with Crippen molar-refractivity contribution in [2.24, 2.45) is 0 Å². The zero-order valence-electron chi connectivity index (χ0n) is 43.6. The van der Waals surface area contributed by atoms with Gasteiger partial charge in [0.1, 0.15) is 24.8 Å². The number of aliphatic carboxylic acids is 1. The second kappa shape index (κ2) is 49.4. The number of thiocarbonyl (C=S) groups is 3. The van der Waals surface area contributed by atoms with Crippen molar-refractivity contribution in [2.75, 3.05) is 24.4 Å². The van der Waals surface area contributed by atoms with Crippen LogP contribution in [-0.2, 0) is 14.3 Å². The van der Waals surface area contributed by atoms with E-state index in [4.69, 9.17) is 51.8 Å². The predicted octanol–water partition coefficient (Wildman–Crippen LogP) is 20.1. The summed E-state index contributed by atoms with van der Waals surface area (Å²) in [5, 5.41) is 18.0. The SMILES string of the molecule is CCCCCCCCCCCCSC(=S)SC(C)(C)C#N.CCCCCCCCCCCCSC(=S)SC(C)(C)C(=O)O.CCCCCCCCCCCCSC(=S)SC(C)(C)C(=O)OC. The smallest absolute Gasteiger partial charge is 0.321 e. The van der Waals surface area contributed by atoms with Crippen LogP contribution in [0.1, 0.15) is 255 Å². The number of carbonyl (C=O) groups is 2. The topological polar surface area (TPSA) is 87.4 Å². The third-order valence-electron chi connectivity index (χ3n) is 10.6. The van der Waals surface area contributed by atoms with Gasteiger partial charge in [-0.05, 0) is 78.1 Å². The lowest BCUT2D eigenvalue weighted by atomic mass is 10.1. The minimum Gasteiger partial charge on any atom is -0.480 e. The van der Waals surface area contributed by atoms with E-state index < -0.39 is 15.5 Å². The molecule has 14 heteroatoms. The first-order chi connectivity index (χ1) is 31.3. The molecular formula is C52H97NO4S9. The van der Waals surface area contributed by atoms with Crippen LogP contribution in [0.2, 0.25) is 0 Å². The Balaban J connectivity index is -0.000000903. The minimum atomic E-state index is -0.818. The van der Waals surface area contributed by atoms with Crippen LogP contribution in [0.5, 0.6) is 0 Å². The third kappa shape index (κ3) is 51.2. The zero-order valence-corrected chi connectivity index (χ0v) is 51.0. The molecule has 0 aliphatic heterocycles. The Morgan fingerprint density at radius 1 is 0.455 bits per heavy atom. The zero-order chi connectivity index (χ0) is 50.4. The maximum Gasteiger partial charge on any atom is 0.321 e. The summed E-state index contributed by atoms with van der Waals surface area (Å²) in [5.74, 6) is 2.14. The Hall–Kier alpha value is 0.800. The van der Waals surface area contributed by atoms with Gasteiger partial charge in [-0.2, -0.15) is 5.26 Å². The van der Waals surface area contributed by atoms with Crippen molar-refractivity contribution < 1.29 is 19.4 Å². The van der Waals surface area contributed by atoms with Crippen molar-refractivity contribution in [1.82, 2.24) is 0 Å². The summed E-state index contributed by atoms with van der Waals surface area (Å²) >= 11 is 25.2. The Labute approximate surface area is 450 Å². The van der Waals surface area contributed by atoms with Gasteiger partial charge in [0.15, 0.2) is 0 Å². The van der Waals surface area contributed by atoms with Crippen LogP contribution in [-0.4, -0.2) is 66.2 Å². The molecule has 0 aromatic rings. The molecule has 0 spiro atoms. The van der Waals surface area contributed by atoms with E-state index in [2.05, 4.69) is 26.8 Å². The normalized spacial score (nSPS) is 11.5. The Morgan fingerprint density at radius 2 is 0.697 bits per heavy atom. The average molecular weight is 1090 g/mol. The maximum absolute atomic E-state index is 11.6. The molecule has 0 saturated carbocycles. The van der Waals surface area contributed by atoms with Gasteiger partial charge in [0.05, 0.1) is 13.2 Å². The molecule has 0 saturated heterocycles. The highest BCUT2D eigenvalue weighted by molar-refractivity contribution is 8.48. The number of methoxy groups -OCH3 is 1. The van der Waals surface area contributed by atoms with Crippen molar-refractivity contribution in [3.63, 3.8) is 0 Å². The van der Waals surface area contributed by atoms with Gasteiger partial charge in [0.25, 0.3) is 0 Å². The number of thioether (sulfide) groups is 6. The van der Waals surface area contributed by atoms with Gasteiger partial charge in [-0.15, -0.1) is 35.3 Å².